The summed E-state index contributed by atoms with van der Waals surface area (Å²) in [6, 6.07) is 27.6. The average molecular weight is 525 g/mol. The molecular formula is C31H28N2O6. The van der Waals surface area contributed by atoms with Crippen molar-refractivity contribution in [1.82, 2.24) is 10.6 Å². The zero-order valence-electron chi connectivity index (χ0n) is 21.1. The van der Waals surface area contributed by atoms with E-state index in [1.165, 1.54) is 6.08 Å². The molecule has 39 heavy (non-hydrogen) atoms. The second-order valence-electron chi connectivity index (χ2n) is 9.58. The van der Waals surface area contributed by atoms with Crippen LogP contribution < -0.4 is 10.6 Å². The number of carbonyl (C=O) groups excluding carboxylic acids is 2. The number of amides is 2. The van der Waals surface area contributed by atoms with Crippen LogP contribution in [0, 0.1) is 0 Å². The molecule has 2 aliphatic heterocycles. The summed E-state index contributed by atoms with van der Waals surface area (Å²) in [6.45, 7) is 1.10. The first-order valence-electron chi connectivity index (χ1n) is 12.9. The van der Waals surface area contributed by atoms with Crippen LogP contribution in [-0.2, 0) is 25.6 Å². The molecule has 0 aliphatic carbocycles. The van der Waals surface area contributed by atoms with Gasteiger partial charge < -0.3 is 29.3 Å². The van der Waals surface area contributed by atoms with Crippen molar-refractivity contribution in [2.24, 2.45) is 0 Å². The molecule has 4 aromatic rings. The smallest absolute Gasteiger partial charge is 0.268 e. The number of rotatable bonds is 8. The Kier molecular flexibility index (Phi) is 7.23. The Morgan fingerprint density at radius 2 is 1.59 bits per heavy atom. The van der Waals surface area contributed by atoms with Crippen molar-refractivity contribution in [2.75, 3.05) is 13.2 Å². The molecule has 0 unspecified atom stereocenters. The zero-order valence-corrected chi connectivity index (χ0v) is 21.1. The molecule has 2 saturated heterocycles. The molecule has 4 atom stereocenters. The van der Waals surface area contributed by atoms with Crippen LogP contribution in [0.3, 0.4) is 0 Å². The lowest BCUT2D eigenvalue weighted by molar-refractivity contribution is -0.119. The van der Waals surface area contributed by atoms with E-state index >= 15 is 0 Å². The SMILES string of the molecule is O=C(N[C@@H]1CO[C@H]2[C@@H]1OC[C@H]2OCc1ccccc1)/C(=C/c1cc2ccccc2o1)NC(=O)c1ccccc1. The van der Waals surface area contributed by atoms with E-state index in [1.54, 1.807) is 24.3 Å². The van der Waals surface area contributed by atoms with Gasteiger partial charge in [0.15, 0.2) is 0 Å². The van der Waals surface area contributed by atoms with Gasteiger partial charge in [-0.1, -0.05) is 66.7 Å². The van der Waals surface area contributed by atoms with Crippen molar-refractivity contribution in [1.29, 1.82) is 0 Å². The molecule has 0 spiro atoms. The molecule has 8 heteroatoms. The van der Waals surface area contributed by atoms with Crippen molar-refractivity contribution >= 4 is 28.9 Å². The molecule has 2 aliphatic rings. The van der Waals surface area contributed by atoms with E-state index in [4.69, 9.17) is 18.6 Å². The fourth-order valence-corrected chi connectivity index (χ4v) is 4.91. The van der Waals surface area contributed by atoms with E-state index in [0.717, 1.165) is 10.9 Å². The van der Waals surface area contributed by atoms with Gasteiger partial charge in [-0.05, 0) is 29.8 Å². The first-order chi connectivity index (χ1) is 19.1. The van der Waals surface area contributed by atoms with E-state index in [-0.39, 0.29) is 30.6 Å². The summed E-state index contributed by atoms with van der Waals surface area (Å²) in [6.07, 6.45) is 0.651. The number of hydrogen-bond donors (Lipinski definition) is 2. The van der Waals surface area contributed by atoms with Gasteiger partial charge in [0.05, 0.1) is 25.9 Å². The molecule has 0 bridgehead atoms. The molecule has 6 rings (SSSR count). The molecule has 0 saturated carbocycles. The van der Waals surface area contributed by atoms with Crippen LogP contribution in [0.2, 0.25) is 0 Å². The van der Waals surface area contributed by atoms with E-state index < -0.39 is 17.9 Å². The predicted molar refractivity (Wildman–Crippen MR) is 145 cm³/mol. The molecule has 8 nitrogen and oxygen atoms in total. The van der Waals surface area contributed by atoms with Gasteiger partial charge in [-0.2, -0.15) is 0 Å². The number of ether oxygens (including phenoxy) is 3. The number of para-hydroxylation sites is 1. The molecule has 2 amide bonds. The molecule has 2 fully saturated rings. The minimum atomic E-state index is -0.466. The third-order valence-corrected chi connectivity index (χ3v) is 6.89. The number of furan rings is 1. The Morgan fingerprint density at radius 1 is 0.872 bits per heavy atom. The highest BCUT2D eigenvalue weighted by Gasteiger charge is 2.49. The molecule has 198 valence electrons. The van der Waals surface area contributed by atoms with E-state index in [9.17, 15) is 9.59 Å². The molecular weight excluding hydrogens is 496 g/mol. The van der Waals surface area contributed by atoms with Gasteiger partial charge >= 0.3 is 0 Å². The van der Waals surface area contributed by atoms with Gasteiger partial charge in [0.2, 0.25) is 0 Å². The molecule has 1 aromatic heterocycles. The number of hydrogen-bond acceptors (Lipinski definition) is 6. The molecule has 2 N–H and O–H groups in total. The van der Waals surface area contributed by atoms with Gasteiger partial charge in [0, 0.05) is 17.0 Å². The second kappa shape index (κ2) is 11.2. The van der Waals surface area contributed by atoms with Gasteiger partial charge in [-0.25, -0.2) is 0 Å². The predicted octanol–water partition coefficient (Wildman–Crippen LogP) is 4.07. The van der Waals surface area contributed by atoms with Gasteiger partial charge in [0.1, 0.15) is 35.4 Å². The highest BCUT2D eigenvalue weighted by molar-refractivity contribution is 6.05. The molecule has 3 aromatic carbocycles. The zero-order chi connectivity index (χ0) is 26.6. The maximum absolute atomic E-state index is 13.5. The first-order valence-corrected chi connectivity index (χ1v) is 12.9. The third-order valence-electron chi connectivity index (χ3n) is 6.89. The van der Waals surface area contributed by atoms with Crippen LogP contribution in [0.5, 0.6) is 0 Å². The topological polar surface area (TPSA) is 99.0 Å². The standard InChI is InChI=1S/C31H28N2O6/c34-30(21-11-5-2-6-12-21)32-24(16-23-15-22-13-7-8-14-26(22)39-23)31(35)33-25-18-37-29-27(19-38-28(25)29)36-17-20-9-3-1-4-10-20/h1-16,25,27-29H,17-19H2,(H,32,34)(H,33,35)/b24-16-/t25-,27-,28-,29-/m1/s1. The normalized spacial score (nSPS) is 22.5. The molecule has 3 heterocycles. The second-order valence-corrected chi connectivity index (χ2v) is 9.58. The van der Waals surface area contributed by atoms with Crippen molar-refractivity contribution in [2.45, 2.75) is 31.0 Å². The van der Waals surface area contributed by atoms with Crippen LogP contribution in [-0.4, -0.2) is 49.4 Å². The van der Waals surface area contributed by atoms with Crippen molar-refractivity contribution in [3.05, 3.63) is 114 Å². The summed E-state index contributed by atoms with van der Waals surface area (Å²) < 4.78 is 23.9. The summed E-state index contributed by atoms with van der Waals surface area (Å²) in [5, 5.41) is 6.63. The number of carbonyl (C=O) groups is 2. The lowest BCUT2D eigenvalue weighted by Gasteiger charge is -2.19. The molecule has 0 radical (unpaired) electrons. The summed E-state index contributed by atoms with van der Waals surface area (Å²) in [4.78, 5) is 26.4. The Morgan fingerprint density at radius 3 is 2.38 bits per heavy atom. The van der Waals surface area contributed by atoms with Crippen molar-refractivity contribution < 1.29 is 28.2 Å². The highest BCUT2D eigenvalue weighted by Crippen LogP contribution is 2.30. The Balaban J connectivity index is 1.16. The quantitative estimate of drug-likeness (QED) is 0.337. The Hall–Kier alpha value is -4.24. The van der Waals surface area contributed by atoms with E-state index in [1.807, 2.05) is 66.7 Å². The average Bonchev–Trinajstić information content (AvgIpc) is 3.68. The number of benzene rings is 3. The third kappa shape index (κ3) is 5.63. The van der Waals surface area contributed by atoms with Gasteiger partial charge in [0.25, 0.3) is 11.8 Å². The van der Waals surface area contributed by atoms with Crippen molar-refractivity contribution in [3.8, 4) is 0 Å². The van der Waals surface area contributed by atoms with Crippen LogP contribution >= 0.6 is 0 Å². The van der Waals surface area contributed by atoms with Crippen molar-refractivity contribution in [3.63, 3.8) is 0 Å². The van der Waals surface area contributed by atoms with E-state index in [0.29, 0.717) is 30.1 Å². The van der Waals surface area contributed by atoms with Crippen LogP contribution in [0.25, 0.3) is 17.0 Å². The monoisotopic (exact) mass is 524 g/mol. The van der Waals surface area contributed by atoms with Crippen LogP contribution in [0.4, 0.5) is 0 Å². The summed E-state index contributed by atoms with van der Waals surface area (Å²) in [5.74, 6) is -0.423. The minimum Gasteiger partial charge on any atom is -0.457 e. The lowest BCUT2D eigenvalue weighted by atomic mass is 10.1. The summed E-state index contributed by atoms with van der Waals surface area (Å²) in [5.41, 5.74) is 2.24. The highest BCUT2D eigenvalue weighted by atomic mass is 16.6. The summed E-state index contributed by atoms with van der Waals surface area (Å²) in [7, 11) is 0. The fraction of sp³-hybridized carbons (Fsp3) is 0.226. The van der Waals surface area contributed by atoms with Gasteiger partial charge in [-0.3, -0.25) is 9.59 Å². The van der Waals surface area contributed by atoms with E-state index in [2.05, 4.69) is 10.6 Å². The Bertz CT molecular complexity index is 1450. The first kappa shape index (κ1) is 25.1. The van der Waals surface area contributed by atoms with Gasteiger partial charge in [-0.15, -0.1) is 0 Å². The minimum absolute atomic E-state index is 0.0567. The Labute approximate surface area is 225 Å². The number of nitrogens with one attached hydrogen (secondary N) is 2. The van der Waals surface area contributed by atoms with Crippen LogP contribution in [0.1, 0.15) is 21.7 Å². The summed E-state index contributed by atoms with van der Waals surface area (Å²) >= 11 is 0. The number of fused-ring (bicyclic) bond motifs is 2. The maximum atomic E-state index is 13.5. The van der Waals surface area contributed by atoms with Crippen LogP contribution in [0.15, 0.2) is 101 Å². The fourth-order valence-electron chi connectivity index (χ4n) is 4.91. The largest absolute Gasteiger partial charge is 0.457 e. The lowest BCUT2D eigenvalue weighted by Crippen LogP contribution is -2.46. The maximum Gasteiger partial charge on any atom is 0.268 e.